The second-order valence-electron chi connectivity index (χ2n) is 5.74. The topological polar surface area (TPSA) is 32.3 Å². The molecule has 1 aliphatic carbocycles. The first-order chi connectivity index (χ1) is 9.57. The van der Waals surface area contributed by atoms with Crippen LogP contribution in [0.4, 0.5) is 0 Å². The van der Waals surface area contributed by atoms with Gasteiger partial charge in [-0.2, -0.15) is 0 Å². The van der Waals surface area contributed by atoms with Gasteiger partial charge < -0.3 is 10.2 Å². The van der Waals surface area contributed by atoms with Gasteiger partial charge in [-0.05, 0) is 50.6 Å². The van der Waals surface area contributed by atoms with Gasteiger partial charge in [0.15, 0.2) is 0 Å². The van der Waals surface area contributed by atoms with Crippen molar-refractivity contribution in [3.05, 3.63) is 34.3 Å². The molecule has 0 bridgehead atoms. The van der Waals surface area contributed by atoms with Gasteiger partial charge in [-0.25, -0.2) is 0 Å². The van der Waals surface area contributed by atoms with E-state index in [0.717, 1.165) is 24.0 Å². The number of benzene rings is 1. The Bertz CT molecular complexity index is 460. The fourth-order valence-electron chi connectivity index (χ4n) is 2.64. The van der Waals surface area contributed by atoms with Crippen LogP contribution in [0.5, 0.6) is 0 Å². The van der Waals surface area contributed by atoms with Gasteiger partial charge in [0, 0.05) is 29.9 Å². The highest BCUT2D eigenvalue weighted by Gasteiger charge is 2.45. The minimum atomic E-state index is 0. The summed E-state index contributed by atoms with van der Waals surface area (Å²) in [6.07, 6.45) is 3.91. The molecule has 0 unspecified atom stereocenters. The first kappa shape index (κ1) is 18.5. The fourth-order valence-corrected chi connectivity index (χ4v) is 2.91. The number of likely N-dealkylation sites (N-methyl/N-ethyl adjacent to an activating group) is 1. The molecule has 0 heterocycles. The number of halogens is 2. The molecule has 21 heavy (non-hydrogen) atoms. The van der Waals surface area contributed by atoms with Crippen LogP contribution in [0.1, 0.15) is 31.2 Å². The summed E-state index contributed by atoms with van der Waals surface area (Å²) in [5.41, 5.74) is 1.56. The molecule has 118 valence electrons. The van der Waals surface area contributed by atoms with Crippen LogP contribution in [0.25, 0.3) is 0 Å². The lowest BCUT2D eigenvalue weighted by molar-refractivity contribution is -0.130. The van der Waals surface area contributed by atoms with E-state index in [2.05, 4.69) is 45.5 Å². The SMILES string of the molecule is CNCCCC(=O)N(C)CC1(c2ccc(Br)cc2)CC1.Cl. The van der Waals surface area contributed by atoms with Crippen molar-refractivity contribution in [1.82, 2.24) is 10.2 Å². The molecule has 1 aromatic rings. The largest absolute Gasteiger partial charge is 0.345 e. The number of rotatable bonds is 7. The molecule has 0 aliphatic heterocycles. The molecule has 1 fully saturated rings. The predicted molar refractivity (Wildman–Crippen MR) is 93.1 cm³/mol. The molecule has 0 spiro atoms. The Morgan fingerprint density at radius 1 is 1.33 bits per heavy atom. The lowest BCUT2D eigenvalue weighted by atomic mass is 9.95. The first-order valence-corrected chi connectivity index (χ1v) is 8.01. The van der Waals surface area contributed by atoms with Crippen LogP contribution in [0.2, 0.25) is 0 Å². The van der Waals surface area contributed by atoms with Crippen molar-refractivity contribution < 1.29 is 4.79 Å². The summed E-state index contributed by atoms with van der Waals surface area (Å²) in [4.78, 5) is 14.0. The second-order valence-corrected chi connectivity index (χ2v) is 6.66. The number of nitrogens with one attached hydrogen (secondary N) is 1. The van der Waals surface area contributed by atoms with Crippen molar-refractivity contribution in [3.63, 3.8) is 0 Å². The predicted octanol–water partition coefficient (Wildman–Crippen LogP) is 3.36. The summed E-state index contributed by atoms with van der Waals surface area (Å²) in [5.74, 6) is 0.253. The number of hydrogen-bond donors (Lipinski definition) is 1. The number of amides is 1. The molecule has 0 radical (unpaired) electrons. The molecule has 0 saturated heterocycles. The van der Waals surface area contributed by atoms with Gasteiger partial charge >= 0.3 is 0 Å². The molecule has 1 N–H and O–H groups in total. The molecule has 3 nitrogen and oxygen atoms in total. The monoisotopic (exact) mass is 374 g/mol. The van der Waals surface area contributed by atoms with Crippen LogP contribution in [-0.4, -0.2) is 38.0 Å². The summed E-state index contributed by atoms with van der Waals surface area (Å²) >= 11 is 3.47. The molecular weight excluding hydrogens is 352 g/mol. The van der Waals surface area contributed by atoms with Gasteiger partial charge in [0.25, 0.3) is 0 Å². The third-order valence-electron chi connectivity index (χ3n) is 4.09. The molecule has 1 amide bonds. The third kappa shape index (κ3) is 4.97. The van der Waals surface area contributed by atoms with Crippen LogP contribution in [0, 0.1) is 0 Å². The Labute approximate surface area is 142 Å². The standard InChI is InChI=1S/C16H23BrN2O.ClH/c1-18-11-3-4-15(20)19(2)12-16(9-10-16)13-5-7-14(17)8-6-13;/h5-8,18H,3-4,9-12H2,1-2H3;1H. The average Bonchev–Trinajstić information content (AvgIpc) is 3.20. The van der Waals surface area contributed by atoms with Gasteiger partial charge in [0.1, 0.15) is 0 Å². The van der Waals surface area contributed by atoms with Gasteiger partial charge in [-0.3, -0.25) is 4.79 Å². The van der Waals surface area contributed by atoms with Crippen LogP contribution < -0.4 is 5.32 Å². The van der Waals surface area contributed by atoms with Crippen LogP contribution in [0.3, 0.4) is 0 Å². The van der Waals surface area contributed by atoms with E-state index in [9.17, 15) is 4.79 Å². The Morgan fingerprint density at radius 3 is 2.48 bits per heavy atom. The van der Waals surface area contributed by atoms with Gasteiger partial charge in [-0.1, -0.05) is 28.1 Å². The number of nitrogens with zero attached hydrogens (tertiary/aromatic N) is 1. The smallest absolute Gasteiger partial charge is 0.222 e. The maximum atomic E-state index is 12.1. The van der Waals surface area contributed by atoms with Crippen LogP contribution in [0.15, 0.2) is 28.7 Å². The Morgan fingerprint density at radius 2 is 1.95 bits per heavy atom. The van der Waals surface area contributed by atoms with E-state index in [1.807, 2.05) is 19.0 Å². The highest BCUT2D eigenvalue weighted by Crippen LogP contribution is 2.48. The van der Waals surface area contributed by atoms with E-state index >= 15 is 0 Å². The molecule has 1 aliphatic rings. The van der Waals surface area contributed by atoms with Crippen molar-refractivity contribution in [2.45, 2.75) is 31.1 Å². The van der Waals surface area contributed by atoms with Crippen molar-refractivity contribution in [2.75, 3.05) is 27.2 Å². The molecular formula is C16H24BrClN2O. The van der Waals surface area contributed by atoms with Gasteiger partial charge in [0.2, 0.25) is 5.91 Å². The minimum Gasteiger partial charge on any atom is -0.345 e. The number of carbonyl (C=O) groups is 1. The van der Waals surface area contributed by atoms with E-state index in [0.29, 0.717) is 6.42 Å². The van der Waals surface area contributed by atoms with Crippen molar-refractivity contribution >= 4 is 34.2 Å². The second kappa shape index (κ2) is 8.16. The number of hydrogen-bond acceptors (Lipinski definition) is 2. The summed E-state index contributed by atoms with van der Waals surface area (Å²) in [5, 5.41) is 3.08. The maximum Gasteiger partial charge on any atom is 0.222 e. The molecule has 0 atom stereocenters. The lowest BCUT2D eigenvalue weighted by Gasteiger charge is -2.24. The summed E-state index contributed by atoms with van der Waals surface area (Å²) < 4.78 is 1.11. The first-order valence-electron chi connectivity index (χ1n) is 7.22. The Kier molecular flexibility index (Phi) is 7.17. The maximum absolute atomic E-state index is 12.1. The van der Waals surface area contributed by atoms with Crippen LogP contribution in [-0.2, 0) is 10.2 Å². The van der Waals surface area contributed by atoms with E-state index in [1.165, 1.54) is 18.4 Å². The zero-order valence-corrected chi connectivity index (χ0v) is 15.1. The third-order valence-corrected chi connectivity index (χ3v) is 4.62. The zero-order valence-electron chi connectivity index (χ0n) is 12.7. The summed E-state index contributed by atoms with van der Waals surface area (Å²) in [6.45, 7) is 1.74. The molecule has 0 aromatic heterocycles. The average molecular weight is 376 g/mol. The van der Waals surface area contributed by atoms with Crippen molar-refractivity contribution in [2.24, 2.45) is 0 Å². The normalized spacial score (nSPS) is 15.2. The molecule has 1 saturated carbocycles. The lowest BCUT2D eigenvalue weighted by Crippen LogP contribution is -2.34. The van der Waals surface area contributed by atoms with Crippen LogP contribution >= 0.6 is 28.3 Å². The van der Waals surface area contributed by atoms with E-state index < -0.39 is 0 Å². The van der Waals surface area contributed by atoms with Crippen molar-refractivity contribution in [3.8, 4) is 0 Å². The molecule has 2 rings (SSSR count). The summed E-state index contributed by atoms with van der Waals surface area (Å²) in [7, 11) is 3.85. The van der Waals surface area contributed by atoms with Gasteiger partial charge in [-0.15, -0.1) is 12.4 Å². The van der Waals surface area contributed by atoms with Gasteiger partial charge in [0.05, 0.1) is 0 Å². The minimum absolute atomic E-state index is 0. The zero-order chi connectivity index (χ0) is 14.6. The van der Waals surface area contributed by atoms with E-state index in [1.54, 1.807) is 0 Å². The quantitative estimate of drug-likeness (QED) is 0.741. The van der Waals surface area contributed by atoms with E-state index in [4.69, 9.17) is 0 Å². The Hall–Kier alpha value is -0.580. The van der Waals surface area contributed by atoms with E-state index in [-0.39, 0.29) is 23.7 Å². The number of carbonyl (C=O) groups excluding carboxylic acids is 1. The fraction of sp³-hybridized carbons (Fsp3) is 0.562. The van der Waals surface area contributed by atoms with Crippen molar-refractivity contribution in [1.29, 1.82) is 0 Å². The highest BCUT2D eigenvalue weighted by molar-refractivity contribution is 9.10. The summed E-state index contributed by atoms with van der Waals surface area (Å²) in [6, 6.07) is 8.53. The highest BCUT2D eigenvalue weighted by atomic mass is 79.9. The molecule has 5 heteroatoms. The molecule has 1 aromatic carbocycles. The Balaban J connectivity index is 0.00000220.